The molecule has 13 heteroatoms. The molecule has 2 saturated heterocycles. The molecule has 0 atom stereocenters. The van der Waals surface area contributed by atoms with Crippen molar-refractivity contribution in [2.24, 2.45) is 5.41 Å². The van der Waals surface area contributed by atoms with Crippen LogP contribution in [0.1, 0.15) is 19.3 Å². The predicted molar refractivity (Wildman–Crippen MR) is 158 cm³/mol. The summed E-state index contributed by atoms with van der Waals surface area (Å²) in [5, 5.41) is 13.9. The van der Waals surface area contributed by atoms with Crippen molar-refractivity contribution in [1.82, 2.24) is 19.5 Å². The molecule has 42 heavy (non-hydrogen) atoms. The van der Waals surface area contributed by atoms with Crippen molar-refractivity contribution in [2.75, 3.05) is 50.7 Å². The number of sulfonamides is 1. The number of hydrogen-bond donors (Lipinski definition) is 2. The standard InChI is InChI=1S/C29H32ClN5O6S/c30-23-3-1-22-18-25(4-2-21(22)17-23)42(40,41)35-16-15-34(26(36)19-35)20-29(28(39)32-12-7-27(37)38)8-13-33(14-9-29)24-5-10-31-11-6-24/h1-6,10-11,17-18H,7-9,12-16,19-20H2,(H,32,39)(H,37,38). The zero-order chi connectivity index (χ0) is 29.9. The van der Waals surface area contributed by atoms with Crippen molar-refractivity contribution in [3.63, 3.8) is 0 Å². The van der Waals surface area contributed by atoms with Crippen LogP contribution in [0.4, 0.5) is 5.69 Å². The van der Waals surface area contributed by atoms with Gasteiger partial charge in [0.05, 0.1) is 23.3 Å². The van der Waals surface area contributed by atoms with E-state index in [4.69, 9.17) is 16.7 Å². The minimum absolute atomic E-state index is 0.0120. The molecule has 2 amide bonds. The first-order valence-corrected chi connectivity index (χ1v) is 15.5. The monoisotopic (exact) mass is 613 g/mol. The quantitative estimate of drug-likeness (QED) is 0.375. The fourth-order valence-corrected chi connectivity index (χ4v) is 7.20. The van der Waals surface area contributed by atoms with E-state index in [1.54, 1.807) is 47.6 Å². The molecule has 2 aliphatic heterocycles. The Kier molecular flexibility index (Phi) is 8.67. The van der Waals surface area contributed by atoms with Crippen LogP contribution in [-0.4, -0.2) is 91.3 Å². The molecule has 2 N–H and O–H groups in total. The molecule has 2 aromatic carbocycles. The van der Waals surface area contributed by atoms with Crippen LogP contribution < -0.4 is 10.2 Å². The van der Waals surface area contributed by atoms with Crippen molar-refractivity contribution in [2.45, 2.75) is 24.2 Å². The summed E-state index contributed by atoms with van der Waals surface area (Å²) in [5.74, 6) is -1.69. The van der Waals surface area contributed by atoms with Crippen LogP contribution in [0.3, 0.4) is 0 Å². The third-order valence-corrected chi connectivity index (χ3v) is 10.1. The largest absolute Gasteiger partial charge is 0.481 e. The lowest BCUT2D eigenvalue weighted by Crippen LogP contribution is -2.59. The maximum atomic E-state index is 13.5. The van der Waals surface area contributed by atoms with E-state index in [0.29, 0.717) is 31.0 Å². The first kappa shape index (κ1) is 29.7. The van der Waals surface area contributed by atoms with E-state index in [1.807, 2.05) is 12.1 Å². The number of aromatic nitrogens is 1. The highest BCUT2D eigenvalue weighted by atomic mass is 35.5. The Bertz CT molecular complexity index is 1590. The maximum Gasteiger partial charge on any atom is 0.305 e. The zero-order valence-corrected chi connectivity index (χ0v) is 24.5. The number of halogens is 1. The van der Waals surface area contributed by atoms with Crippen LogP contribution in [0, 0.1) is 5.41 Å². The molecule has 222 valence electrons. The first-order valence-electron chi connectivity index (χ1n) is 13.7. The van der Waals surface area contributed by atoms with Crippen molar-refractivity contribution in [3.8, 4) is 0 Å². The number of pyridine rings is 1. The Morgan fingerprint density at radius 2 is 1.67 bits per heavy atom. The van der Waals surface area contributed by atoms with Crippen LogP contribution in [0.25, 0.3) is 10.8 Å². The normalized spacial score (nSPS) is 17.8. The number of anilines is 1. The van der Waals surface area contributed by atoms with Crippen LogP contribution in [-0.2, 0) is 24.4 Å². The van der Waals surface area contributed by atoms with Gasteiger partial charge in [-0.05, 0) is 60.0 Å². The van der Waals surface area contributed by atoms with E-state index in [9.17, 15) is 22.8 Å². The van der Waals surface area contributed by atoms with Gasteiger partial charge in [-0.3, -0.25) is 19.4 Å². The second-order valence-corrected chi connectivity index (χ2v) is 13.1. The van der Waals surface area contributed by atoms with E-state index in [-0.39, 0.29) is 55.9 Å². The highest BCUT2D eigenvalue weighted by Crippen LogP contribution is 2.35. The molecule has 0 saturated carbocycles. The van der Waals surface area contributed by atoms with Crippen molar-refractivity contribution < 1.29 is 27.9 Å². The summed E-state index contributed by atoms with van der Waals surface area (Å²) in [6, 6.07) is 13.8. The fourth-order valence-electron chi connectivity index (χ4n) is 5.60. The number of nitrogens with zero attached hydrogens (tertiary/aromatic N) is 4. The van der Waals surface area contributed by atoms with Crippen LogP contribution >= 0.6 is 11.6 Å². The molecule has 0 aliphatic carbocycles. The van der Waals surface area contributed by atoms with Crippen molar-refractivity contribution in [3.05, 3.63) is 65.9 Å². The predicted octanol–water partition coefficient (Wildman–Crippen LogP) is 2.60. The van der Waals surface area contributed by atoms with Gasteiger partial charge in [-0.25, -0.2) is 8.42 Å². The molecule has 1 aromatic heterocycles. The number of hydrogen-bond acceptors (Lipinski definition) is 7. The van der Waals surface area contributed by atoms with Gasteiger partial charge in [0.2, 0.25) is 21.8 Å². The van der Waals surface area contributed by atoms with Gasteiger partial charge in [-0.1, -0.05) is 23.7 Å². The lowest BCUT2D eigenvalue weighted by atomic mass is 9.76. The minimum atomic E-state index is -3.94. The molecular formula is C29H32ClN5O6S. The van der Waals surface area contributed by atoms with Crippen molar-refractivity contribution in [1.29, 1.82) is 0 Å². The molecule has 5 rings (SSSR count). The summed E-state index contributed by atoms with van der Waals surface area (Å²) in [6.45, 7) is 1.13. The third kappa shape index (κ3) is 6.35. The number of rotatable bonds is 9. The summed E-state index contributed by atoms with van der Waals surface area (Å²) in [7, 11) is -3.94. The first-order chi connectivity index (χ1) is 20.1. The average Bonchev–Trinajstić information content (AvgIpc) is 2.98. The van der Waals surface area contributed by atoms with Gasteiger partial charge < -0.3 is 20.2 Å². The lowest BCUT2D eigenvalue weighted by molar-refractivity contribution is -0.141. The average molecular weight is 614 g/mol. The van der Waals surface area contributed by atoms with Gasteiger partial charge in [-0.15, -0.1) is 0 Å². The Balaban J connectivity index is 1.29. The van der Waals surface area contributed by atoms with Crippen LogP contribution in [0.5, 0.6) is 0 Å². The van der Waals surface area contributed by atoms with Gasteiger partial charge in [0.25, 0.3) is 0 Å². The smallest absolute Gasteiger partial charge is 0.305 e. The maximum absolute atomic E-state index is 13.5. The van der Waals surface area contributed by atoms with E-state index in [1.165, 1.54) is 10.4 Å². The Morgan fingerprint density at radius 1 is 0.976 bits per heavy atom. The number of amides is 2. The van der Waals surface area contributed by atoms with Crippen LogP contribution in [0.15, 0.2) is 65.8 Å². The number of benzene rings is 2. The lowest BCUT2D eigenvalue weighted by Gasteiger charge is -2.45. The number of nitrogens with one attached hydrogen (secondary N) is 1. The molecule has 0 unspecified atom stereocenters. The van der Waals surface area contributed by atoms with Gasteiger partial charge in [0.15, 0.2) is 0 Å². The summed E-state index contributed by atoms with van der Waals surface area (Å²) in [5.41, 5.74) is 0.0508. The summed E-state index contributed by atoms with van der Waals surface area (Å²) in [4.78, 5) is 45.7. The molecular weight excluding hydrogens is 582 g/mol. The van der Waals surface area contributed by atoms with Crippen LogP contribution in [0.2, 0.25) is 5.02 Å². The van der Waals surface area contributed by atoms with Gasteiger partial charge >= 0.3 is 5.97 Å². The summed E-state index contributed by atoms with van der Waals surface area (Å²) >= 11 is 6.05. The molecule has 11 nitrogen and oxygen atoms in total. The number of aliphatic carboxylic acids is 1. The zero-order valence-electron chi connectivity index (χ0n) is 22.9. The number of carbonyl (C=O) groups is 3. The topological polar surface area (TPSA) is 140 Å². The highest BCUT2D eigenvalue weighted by Gasteiger charge is 2.45. The second-order valence-electron chi connectivity index (χ2n) is 10.7. The second kappa shape index (κ2) is 12.2. The number of carboxylic acid groups (broad SMARTS) is 1. The van der Waals surface area contributed by atoms with Crippen molar-refractivity contribution >= 4 is 55.9 Å². The highest BCUT2D eigenvalue weighted by molar-refractivity contribution is 7.89. The number of piperazine rings is 1. The summed E-state index contributed by atoms with van der Waals surface area (Å²) < 4.78 is 28.1. The fraction of sp³-hybridized carbons (Fsp3) is 0.379. The van der Waals surface area contributed by atoms with Gasteiger partial charge in [0, 0.05) is 62.4 Å². The molecule has 3 aromatic rings. The molecule has 0 bridgehead atoms. The number of fused-ring (bicyclic) bond motifs is 1. The SMILES string of the molecule is O=C(O)CCNC(=O)C1(CN2CCN(S(=O)(=O)c3ccc4cc(Cl)ccc4c3)CC2=O)CCN(c2ccncc2)CC1. The summed E-state index contributed by atoms with van der Waals surface area (Å²) in [6.07, 6.45) is 4.09. The van der Waals surface area contributed by atoms with E-state index in [0.717, 1.165) is 16.5 Å². The molecule has 3 heterocycles. The Labute approximate surface area is 249 Å². The van der Waals surface area contributed by atoms with Gasteiger partial charge in [0.1, 0.15) is 0 Å². The van der Waals surface area contributed by atoms with E-state index < -0.39 is 21.4 Å². The molecule has 2 fully saturated rings. The number of piperidine rings is 1. The third-order valence-electron chi connectivity index (χ3n) is 8.04. The van der Waals surface area contributed by atoms with E-state index in [2.05, 4.69) is 15.2 Å². The number of carboxylic acids is 1. The number of carbonyl (C=O) groups excluding carboxylic acids is 2. The Morgan fingerprint density at radius 3 is 2.36 bits per heavy atom. The Hall–Kier alpha value is -3.74. The molecule has 0 spiro atoms. The molecule has 0 radical (unpaired) electrons. The van der Waals surface area contributed by atoms with E-state index >= 15 is 0 Å². The minimum Gasteiger partial charge on any atom is -0.481 e. The van der Waals surface area contributed by atoms with Gasteiger partial charge in [-0.2, -0.15) is 4.31 Å². The molecule has 2 aliphatic rings.